The molecule has 0 aliphatic heterocycles. The second kappa shape index (κ2) is 3.96. The molecule has 0 bridgehead atoms. The maximum absolute atomic E-state index is 12.3. The first-order valence-electron chi connectivity index (χ1n) is 4.10. The molecule has 1 atom stereocenters. The summed E-state index contributed by atoms with van der Waals surface area (Å²) in [6.45, 7) is 1.59. The van der Waals surface area contributed by atoms with Crippen LogP contribution in [0.25, 0.3) is 0 Å². The van der Waals surface area contributed by atoms with Crippen LogP contribution in [-0.2, 0) is 10.2 Å². The van der Waals surface area contributed by atoms with Crippen LogP contribution in [0.5, 0.6) is 5.75 Å². The van der Waals surface area contributed by atoms with Crippen LogP contribution in [0.3, 0.4) is 0 Å². The van der Waals surface area contributed by atoms with Crippen LogP contribution >= 0.6 is 0 Å². The lowest BCUT2D eigenvalue weighted by molar-refractivity contribution is 0.474. The van der Waals surface area contributed by atoms with Crippen molar-refractivity contribution in [3.05, 3.63) is 29.8 Å². The SMILES string of the molecule is CC(CS(=O)(=O)F)c1cccc(O)c1. The van der Waals surface area contributed by atoms with E-state index in [1.807, 2.05) is 0 Å². The fourth-order valence-corrected chi connectivity index (χ4v) is 2.02. The Morgan fingerprint density at radius 2 is 2.14 bits per heavy atom. The third-order valence-electron chi connectivity index (χ3n) is 1.89. The molecule has 1 unspecified atom stereocenters. The van der Waals surface area contributed by atoms with Crippen molar-refractivity contribution in [3.8, 4) is 5.75 Å². The highest BCUT2D eigenvalue weighted by Crippen LogP contribution is 2.21. The van der Waals surface area contributed by atoms with Gasteiger partial charge in [-0.25, -0.2) is 0 Å². The summed E-state index contributed by atoms with van der Waals surface area (Å²) in [4.78, 5) is 0. The van der Waals surface area contributed by atoms with Gasteiger partial charge in [-0.15, -0.1) is 3.89 Å². The summed E-state index contributed by atoms with van der Waals surface area (Å²) in [5, 5.41) is 9.12. The number of rotatable bonds is 3. The van der Waals surface area contributed by atoms with Gasteiger partial charge in [0.05, 0.1) is 5.75 Å². The second-order valence-electron chi connectivity index (χ2n) is 3.20. The van der Waals surface area contributed by atoms with Crippen molar-refractivity contribution >= 4 is 10.2 Å². The minimum Gasteiger partial charge on any atom is -0.508 e. The van der Waals surface area contributed by atoms with E-state index >= 15 is 0 Å². The molecule has 0 amide bonds. The predicted molar refractivity (Wildman–Crippen MR) is 51.4 cm³/mol. The van der Waals surface area contributed by atoms with Gasteiger partial charge in [-0.3, -0.25) is 0 Å². The second-order valence-corrected chi connectivity index (χ2v) is 4.61. The minimum atomic E-state index is -4.47. The maximum Gasteiger partial charge on any atom is 0.303 e. The minimum absolute atomic E-state index is 0.0469. The quantitative estimate of drug-likeness (QED) is 0.787. The zero-order valence-electron chi connectivity index (χ0n) is 7.64. The van der Waals surface area contributed by atoms with Crippen molar-refractivity contribution in [1.82, 2.24) is 0 Å². The van der Waals surface area contributed by atoms with E-state index in [0.717, 1.165) is 0 Å². The Morgan fingerprint density at radius 1 is 1.50 bits per heavy atom. The average Bonchev–Trinajstić information content (AvgIpc) is 2.01. The third-order valence-corrected chi connectivity index (χ3v) is 2.79. The summed E-state index contributed by atoms with van der Waals surface area (Å²) in [6, 6.07) is 6.14. The van der Waals surface area contributed by atoms with Gasteiger partial charge in [0.2, 0.25) is 0 Å². The molecule has 0 fully saturated rings. The van der Waals surface area contributed by atoms with Crippen molar-refractivity contribution in [3.63, 3.8) is 0 Å². The summed E-state index contributed by atoms with van der Waals surface area (Å²) < 4.78 is 33.1. The standard InChI is InChI=1S/C9H11FO3S/c1-7(6-14(10,12)13)8-3-2-4-9(11)5-8/h2-5,7,11H,6H2,1H3. The number of halogens is 1. The molecule has 0 aliphatic carbocycles. The molecule has 14 heavy (non-hydrogen) atoms. The number of hydrogen-bond donors (Lipinski definition) is 1. The number of phenols is 1. The lowest BCUT2D eigenvalue weighted by Gasteiger charge is -2.08. The first kappa shape index (κ1) is 11.0. The van der Waals surface area contributed by atoms with Crippen LogP contribution < -0.4 is 0 Å². The number of phenolic OH excluding ortho intramolecular Hbond substituents is 1. The Labute approximate surface area is 82.4 Å². The molecule has 0 aromatic heterocycles. The maximum atomic E-state index is 12.3. The fourth-order valence-electron chi connectivity index (χ4n) is 1.23. The van der Waals surface area contributed by atoms with Crippen LogP contribution in [0, 0.1) is 0 Å². The average molecular weight is 218 g/mol. The highest BCUT2D eigenvalue weighted by Gasteiger charge is 2.15. The van der Waals surface area contributed by atoms with Crippen LogP contribution in [0.2, 0.25) is 0 Å². The van der Waals surface area contributed by atoms with Gasteiger partial charge in [0, 0.05) is 0 Å². The lowest BCUT2D eigenvalue weighted by Crippen LogP contribution is -2.07. The van der Waals surface area contributed by atoms with Crippen LogP contribution in [0.15, 0.2) is 24.3 Å². The van der Waals surface area contributed by atoms with E-state index in [0.29, 0.717) is 5.56 Å². The van der Waals surface area contributed by atoms with Gasteiger partial charge in [-0.2, -0.15) is 8.42 Å². The van der Waals surface area contributed by atoms with Gasteiger partial charge in [-0.05, 0) is 23.6 Å². The Balaban J connectivity index is 2.85. The highest BCUT2D eigenvalue weighted by molar-refractivity contribution is 7.86. The summed E-state index contributed by atoms with van der Waals surface area (Å²) in [6.07, 6.45) is 0. The Bertz CT molecular complexity index is 414. The van der Waals surface area contributed by atoms with E-state index in [1.165, 1.54) is 12.1 Å². The first-order chi connectivity index (χ1) is 6.38. The predicted octanol–water partition coefficient (Wildman–Crippen LogP) is 1.79. The molecule has 3 nitrogen and oxygen atoms in total. The summed E-state index contributed by atoms with van der Waals surface area (Å²) in [7, 11) is -4.47. The largest absolute Gasteiger partial charge is 0.508 e. The molecule has 1 rings (SSSR count). The number of benzene rings is 1. The molecule has 0 radical (unpaired) electrons. The van der Waals surface area contributed by atoms with Gasteiger partial charge in [-0.1, -0.05) is 19.1 Å². The van der Waals surface area contributed by atoms with E-state index in [1.54, 1.807) is 19.1 Å². The molecule has 78 valence electrons. The van der Waals surface area contributed by atoms with Crippen molar-refractivity contribution < 1.29 is 17.4 Å². The van der Waals surface area contributed by atoms with Gasteiger partial charge < -0.3 is 5.11 Å². The van der Waals surface area contributed by atoms with Crippen molar-refractivity contribution in [2.75, 3.05) is 5.75 Å². The molecule has 1 aromatic carbocycles. The Hall–Kier alpha value is -1.10. The van der Waals surface area contributed by atoms with Gasteiger partial charge in [0.1, 0.15) is 5.75 Å². The molecule has 0 aliphatic rings. The molecular weight excluding hydrogens is 207 g/mol. The van der Waals surface area contributed by atoms with Gasteiger partial charge in [0.15, 0.2) is 0 Å². The molecule has 0 saturated carbocycles. The molecule has 1 aromatic rings. The first-order valence-corrected chi connectivity index (χ1v) is 5.65. The molecule has 0 saturated heterocycles. The molecule has 0 heterocycles. The third kappa shape index (κ3) is 3.33. The van der Waals surface area contributed by atoms with Crippen LogP contribution in [0.1, 0.15) is 18.4 Å². The monoisotopic (exact) mass is 218 g/mol. The summed E-state index contributed by atoms with van der Waals surface area (Å²) in [5.74, 6) is -0.973. The summed E-state index contributed by atoms with van der Waals surface area (Å²) >= 11 is 0. The zero-order valence-corrected chi connectivity index (χ0v) is 8.46. The fraction of sp³-hybridized carbons (Fsp3) is 0.333. The van der Waals surface area contributed by atoms with Crippen LogP contribution in [-0.4, -0.2) is 19.3 Å². The van der Waals surface area contributed by atoms with E-state index in [2.05, 4.69) is 0 Å². The van der Waals surface area contributed by atoms with Crippen molar-refractivity contribution in [2.45, 2.75) is 12.8 Å². The van der Waals surface area contributed by atoms with Gasteiger partial charge >= 0.3 is 10.2 Å². The summed E-state index contributed by atoms with van der Waals surface area (Å²) in [5.41, 5.74) is 0.603. The number of aromatic hydroxyl groups is 1. The molecule has 1 N–H and O–H groups in total. The van der Waals surface area contributed by atoms with Gasteiger partial charge in [0.25, 0.3) is 0 Å². The smallest absolute Gasteiger partial charge is 0.303 e. The van der Waals surface area contributed by atoms with Crippen LogP contribution in [0.4, 0.5) is 3.89 Å². The van der Waals surface area contributed by atoms with Crippen molar-refractivity contribution in [1.29, 1.82) is 0 Å². The van der Waals surface area contributed by atoms with E-state index in [4.69, 9.17) is 5.11 Å². The number of hydrogen-bond acceptors (Lipinski definition) is 3. The Morgan fingerprint density at radius 3 is 2.64 bits per heavy atom. The van der Waals surface area contributed by atoms with E-state index in [-0.39, 0.29) is 5.75 Å². The lowest BCUT2D eigenvalue weighted by atomic mass is 10.0. The molecular formula is C9H11FO3S. The molecule has 0 spiro atoms. The Kier molecular flexibility index (Phi) is 3.10. The highest BCUT2D eigenvalue weighted by atomic mass is 32.3. The zero-order chi connectivity index (χ0) is 10.8. The van der Waals surface area contributed by atoms with E-state index in [9.17, 15) is 12.3 Å². The van der Waals surface area contributed by atoms with E-state index < -0.39 is 21.9 Å². The normalized spacial score (nSPS) is 13.9. The van der Waals surface area contributed by atoms with Crippen molar-refractivity contribution in [2.24, 2.45) is 0 Å². The topological polar surface area (TPSA) is 54.4 Å². The molecule has 5 heteroatoms.